The van der Waals surface area contributed by atoms with Crippen LogP contribution in [0.4, 0.5) is 5.69 Å². The van der Waals surface area contributed by atoms with Crippen molar-refractivity contribution in [3.8, 4) is 11.1 Å². The van der Waals surface area contributed by atoms with Crippen LogP contribution in [-0.2, 0) is 9.59 Å². The van der Waals surface area contributed by atoms with E-state index in [4.69, 9.17) is 0 Å². The Hall–Kier alpha value is -3.06. The summed E-state index contributed by atoms with van der Waals surface area (Å²) in [7, 11) is 1.81. The van der Waals surface area contributed by atoms with Gasteiger partial charge >= 0.3 is 0 Å². The molecule has 2 N–H and O–H groups in total. The lowest BCUT2D eigenvalue weighted by Crippen LogP contribution is -2.40. The Bertz CT molecular complexity index is 920. The molecule has 0 aliphatic carbocycles. The maximum absolute atomic E-state index is 12.5. The molecule has 1 aromatic heterocycles. The van der Waals surface area contributed by atoms with Crippen molar-refractivity contribution in [2.75, 3.05) is 32.0 Å². The number of nitrogens with zero attached hydrogens (tertiary/aromatic N) is 2. The molecule has 0 radical (unpaired) electrons. The predicted molar refractivity (Wildman–Crippen MR) is 118 cm³/mol. The summed E-state index contributed by atoms with van der Waals surface area (Å²) in [6.07, 6.45) is 3.39. The number of anilines is 1. The second-order valence-corrected chi connectivity index (χ2v) is 7.62. The van der Waals surface area contributed by atoms with Crippen LogP contribution in [0.1, 0.15) is 38.1 Å². The third-order valence-electron chi connectivity index (χ3n) is 5.33. The molecule has 7 heteroatoms. The smallest absolute Gasteiger partial charge is 0.238 e. The van der Waals surface area contributed by atoms with Crippen LogP contribution < -0.4 is 10.6 Å². The van der Waals surface area contributed by atoms with E-state index in [-0.39, 0.29) is 37.2 Å². The van der Waals surface area contributed by atoms with E-state index in [9.17, 15) is 14.4 Å². The van der Waals surface area contributed by atoms with Crippen LogP contribution in [0.3, 0.4) is 0 Å². The number of hydrogen-bond acceptors (Lipinski definition) is 5. The molecule has 30 heavy (non-hydrogen) atoms. The Morgan fingerprint density at radius 2 is 2.00 bits per heavy atom. The fourth-order valence-electron chi connectivity index (χ4n) is 3.50. The standard InChI is InChI=1S/C23H28N4O3.H2/c1-3-20(28)23-19(12-18(14-25-23)17-7-5-4-6-8-17)26-21(29)15-24-13-16-9-10-27(2)22(30)11-16;/h4-8,12,14,16,24H,3,9-11,13,15H2,1-2H3,(H,26,29);1H. The van der Waals surface area contributed by atoms with E-state index in [0.29, 0.717) is 25.1 Å². The van der Waals surface area contributed by atoms with Crippen molar-refractivity contribution < 1.29 is 15.8 Å². The highest BCUT2D eigenvalue weighted by molar-refractivity contribution is 6.04. The van der Waals surface area contributed by atoms with Gasteiger partial charge in [-0.1, -0.05) is 37.3 Å². The first-order chi connectivity index (χ1) is 14.5. The van der Waals surface area contributed by atoms with Crippen LogP contribution in [0.5, 0.6) is 0 Å². The molecule has 0 bridgehead atoms. The van der Waals surface area contributed by atoms with Crippen molar-refractivity contribution in [3.63, 3.8) is 0 Å². The zero-order chi connectivity index (χ0) is 21.5. The summed E-state index contributed by atoms with van der Waals surface area (Å²) in [5, 5.41) is 5.96. The topological polar surface area (TPSA) is 91.4 Å². The normalized spacial score (nSPS) is 16.4. The van der Waals surface area contributed by atoms with Gasteiger partial charge in [0.05, 0.1) is 12.2 Å². The minimum atomic E-state index is -0.244. The van der Waals surface area contributed by atoms with Crippen LogP contribution in [0, 0.1) is 5.92 Å². The first-order valence-corrected chi connectivity index (χ1v) is 10.3. The fourth-order valence-corrected chi connectivity index (χ4v) is 3.50. The minimum absolute atomic E-state index is 0. The van der Waals surface area contributed by atoms with E-state index in [1.807, 2.05) is 37.4 Å². The van der Waals surface area contributed by atoms with Crippen molar-refractivity contribution in [2.24, 2.45) is 5.92 Å². The molecule has 1 unspecified atom stereocenters. The number of pyridine rings is 1. The first kappa shape index (κ1) is 21.6. The van der Waals surface area contributed by atoms with Gasteiger partial charge in [0.25, 0.3) is 0 Å². The third kappa shape index (κ3) is 5.51. The predicted octanol–water partition coefficient (Wildman–Crippen LogP) is 2.98. The number of rotatable bonds is 8. The number of hydrogen-bond donors (Lipinski definition) is 2. The van der Waals surface area contributed by atoms with E-state index in [1.165, 1.54) is 0 Å². The molecule has 7 nitrogen and oxygen atoms in total. The number of Topliss-reactive ketones (excluding diaryl/α,β-unsaturated/α-hetero) is 1. The second kappa shape index (κ2) is 10.1. The lowest BCUT2D eigenvalue weighted by Gasteiger charge is -2.28. The number of nitrogens with one attached hydrogen (secondary N) is 2. The number of aromatic nitrogens is 1. The van der Waals surface area contributed by atoms with E-state index in [1.54, 1.807) is 24.1 Å². The zero-order valence-electron chi connectivity index (χ0n) is 17.5. The molecule has 2 heterocycles. The molecule has 1 aliphatic heterocycles. The Morgan fingerprint density at radius 3 is 2.70 bits per heavy atom. The molecular weight excluding hydrogens is 380 g/mol. The van der Waals surface area contributed by atoms with Crippen molar-refractivity contribution in [1.29, 1.82) is 0 Å². The molecule has 1 aliphatic rings. The highest BCUT2D eigenvalue weighted by Gasteiger charge is 2.23. The van der Waals surface area contributed by atoms with E-state index in [0.717, 1.165) is 24.1 Å². The lowest BCUT2D eigenvalue weighted by atomic mass is 9.96. The van der Waals surface area contributed by atoms with Crippen molar-refractivity contribution >= 4 is 23.3 Å². The van der Waals surface area contributed by atoms with Crippen LogP contribution in [0.25, 0.3) is 11.1 Å². The number of carbonyl (C=O) groups excluding carboxylic acids is 3. The quantitative estimate of drug-likeness (QED) is 0.653. The number of benzene rings is 1. The Kier molecular flexibility index (Phi) is 7.30. The molecule has 1 saturated heterocycles. The zero-order valence-corrected chi connectivity index (χ0v) is 17.5. The summed E-state index contributed by atoms with van der Waals surface area (Å²) in [4.78, 5) is 42.6. The largest absolute Gasteiger partial charge is 0.346 e. The lowest BCUT2D eigenvalue weighted by molar-refractivity contribution is -0.133. The van der Waals surface area contributed by atoms with Gasteiger partial charge in [0, 0.05) is 39.6 Å². The molecule has 1 atom stereocenters. The third-order valence-corrected chi connectivity index (χ3v) is 5.33. The van der Waals surface area contributed by atoms with E-state index < -0.39 is 0 Å². The van der Waals surface area contributed by atoms with Gasteiger partial charge in [-0.2, -0.15) is 0 Å². The SMILES string of the molecule is CCC(=O)c1ncc(-c2ccccc2)cc1NC(=O)CNCC1CCN(C)C(=O)C1.[HH]. The molecule has 2 aromatic rings. The number of amides is 2. The van der Waals surface area contributed by atoms with Crippen molar-refractivity contribution in [2.45, 2.75) is 26.2 Å². The van der Waals surface area contributed by atoms with Gasteiger partial charge in [0.1, 0.15) is 5.69 Å². The molecule has 1 aromatic carbocycles. The molecule has 160 valence electrons. The van der Waals surface area contributed by atoms with Crippen LogP contribution in [0.15, 0.2) is 42.6 Å². The summed E-state index contributed by atoms with van der Waals surface area (Å²) >= 11 is 0. The van der Waals surface area contributed by atoms with Crippen molar-refractivity contribution in [3.05, 3.63) is 48.3 Å². The maximum atomic E-state index is 12.5. The van der Waals surface area contributed by atoms with Gasteiger partial charge in [-0.3, -0.25) is 19.4 Å². The van der Waals surface area contributed by atoms with Gasteiger partial charge in [-0.25, -0.2) is 0 Å². The Labute approximate surface area is 178 Å². The summed E-state index contributed by atoms with van der Waals surface area (Å²) in [6, 6.07) is 11.5. The average Bonchev–Trinajstić information content (AvgIpc) is 2.76. The monoisotopic (exact) mass is 410 g/mol. The second-order valence-electron chi connectivity index (χ2n) is 7.62. The van der Waals surface area contributed by atoms with Crippen LogP contribution >= 0.6 is 0 Å². The Balaban J connectivity index is 0.00000341. The van der Waals surface area contributed by atoms with E-state index in [2.05, 4.69) is 15.6 Å². The molecule has 2 amide bonds. The van der Waals surface area contributed by atoms with Crippen LogP contribution in [0.2, 0.25) is 0 Å². The first-order valence-electron chi connectivity index (χ1n) is 10.3. The van der Waals surface area contributed by atoms with Crippen molar-refractivity contribution in [1.82, 2.24) is 15.2 Å². The summed E-state index contributed by atoms with van der Waals surface area (Å²) in [6.45, 7) is 3.23. The summed E-state index contributed by atoms with van der Waals surface area (Å²) < 4.78 is 0. The molecule has 0 spiro atoms. The highest BCUT2D eigenvalue weighted by Crippen LogP contribution is 2.24. The van der Waals surface area contributed by atoms with Gasteiger partial charge in [0.15, 0.2) is 5.78 Å². The molecule has 1 fully saturated rings. The van der Waals surface area contributed by atoms with Gasteiger partial charge in [-0.05, 0) is 30.5 Å². The number of likely N-dealkylation sites (tertiary alicyclic amines) is 1. The average molecular weight is 411 g/mol. The molecular formula is C23H30N4O3. The van der Waals surface area contributed by atoms with E-state index >= 15 is 0 Å². The van der Waals surface area contributed by atoms with Crippen LogP contribution in [-0.4, -0.2) is 54.2 Å². The van der Waals surface area contributed by atoms with Gasteiger partial charge < -0.3 is 15.5 Å². The summed E-state index contributed by atoms with van der Waals surface area (Å²) in [5.41, 5.74) is 2.48. The molecule has 0 saturated carbocycles. The number of carbonyl (C=O) groups is 3. The van der Waals surface area contributed by atoms with Gasteiger partial charge in [-0.15, -0.1) is 0 Å². The minimum Gasteiger partial charge on any atom is -0.346 e. The number of piperidine rings is 1. The number of ketones is 1. The fraction of sp³-hybridized carbons (Fsp3) is 0.391. The highest BCUT2D eigenvalue weighted by atomic mass is 16.2. The summed E-state index contributed by atoms with van der Waals surface area (Å²) in [5.74, 6) is 0.0138. The molecule has 3 rings (SSSR count). The Morgan fingerprint density at radius 1 is 1.23 bits per heavy atom. The van der Waals surface area contributed by atoms with Gasteiger partial charge in [0.2, 0.25) is 11.8 Å². The maximum Gasteiger partial charge on any atom is 0.238 e.